The van der Waals surface area contributed by atoms with Crippen molar-refractivity contribution >= 4 is 0 Å². The van der Waals surface area contributed by atoms with Crippen LogP contribution in [-0.2, 0) is 0 Å². The summed E-state index contributed by atoms with van der Waals surface area (Å²) in [5, 5.41) is 0. The fourth-order valence-corrected chi connectivity index (χ4v) is 4.97. The molecule has 2 rings (SSSR count). The van der Waals surface area contributed by atoms with Crippen molar-refractivity contribution in [2.45, 2.75) is 91.4 Å². The molecule has 0 nitrogen and oxygen atoms in total. The van der Waals surface area contributed by atoms with E-state index in [0.29, 0.717) is 0 Å². The van der Waals surface area contributed by atoms with Crippen molar-refractivity contribution in [1.29, 1.82) is 0 Å². The van der Waals surface area contributed by atoms with Crippen LogP contribution in [0.4, 0.5) is 0 Å². The zero-order valence-corrected chi connectivity index (χ0v) is 13.7. The molecule has 0 radical (unpaired) electrons. The first-order valence-corrected chi connectivity index (χ1v) is 9.24. The molecule has 0 spiro atoms. The standard InChI is InChI=1S/C19H36/c1-4-5-6-7-8-9-10-11-12-17-13-18-14-19(17)16(3)15(18)2/h15-19H,4-14H2,1-3H3. The van der Waals surface area contributed by atoms with E-state index >= 15 is 0 Å². The Morgan fingerprint density at radius 2 is 1.37 bits per heavy atom. The average Bonchev–Trinajstić information content (AvgIpc) is 2.94. The van der Waals surface area contributed by atoms with E-state index in [2.05, 4.69) is 20.8 Å². The third kappa shape index (κ3) is 3.99. The highest BCUT2D eigenvalue weighted by Gasteiger charge is 2.47. The first kappa shape index (κ1) is 15.4. The van der Waals surface area contributed by atoms with E-state index in [9.17, 15) is 0 Å². The van der Waals surface area contributed by atoms with Gasteiger partial charge in [0.05, 0.1) is 0 Å². The second kappa shape index (κ2) is 7.70. The minimum absolute atomic E-state index is 1.03. The predicted molar refractivity (Wildman–Crippen MR) is 85.3 cm³/mol. The van der Waals surface area contributed by atoms with Crippen molar-refractivity contribution in [2.24, 2.45) is 29.6 Å². The van der Waals surface area contributed by atoms with Crippen LogP contribution < -0.4 is 0 Å². The predicted octanol–water partition coefficient (Wildman–Crippen LogP) is 6.45. The van der Waals surface area contributed by atoms with Gasteiger partial charge in [0.2, 0.25) is 0 Å². The Hall–Kier alpha value is 0. The van der Waals surface area contributed by atoms with Crippen molar-refractivity contribution in [2.75, 3.05) is 0 Å². The quantitative estimate of drug-likeness (QED) is 0.420. The van der Waals surface area contributed by atoms with Gasteiger partial charge >= 0.3 is 0 Å². The van der Waals surface area contributed by atoms with Gasteiger partial charge in [0, 0.05) is 0 Å². The molecule has 2 aliphatic rings. The third-order valence-electron chi connectivity index (χ3n) is 6.46. The molecule has 5 atom stereocenters. The number of rotatable bonds is 9. The van der Waals surface area contributed by atoms with Gasteiger partial charge in [-0.15, -0.1) is 0 Å². The molecule has 5 unspecified atom stereocenters. The van der Waals surface area contributed by atoms with Crippen molar-refractivity contribution < 1.29 is 0 Å². The lowest BCUT2D eigenvalue weighted by atomic mass is 9.74. The lowest BCUT2D eigenvalue weighted by Crippen LogP contribution is -2.24. The lowest BCUT2D eigenvalue weighted by Gasteiger charge is -2.31. The molecule has 0 aromatic carbocycles. The number of hydrogen-bond donors (Lipinski definition) is 0. The molecule has 2 aliphatic carbocycles. The molecule has 0 aliphatic heterocycles. The van der Waals surface area contributed by atoms with Crippen LogP contribution in [0.25, 0.3) is 0 Å². The van der Waals surface area contributed by atoms with Gasteiger partial charge in [0.15, 0.2) is 0 Å². The van der Waals surface area contributed by atoms with Crippen LogP contribution in [-0.4, -0.2) is 0 Å². The molecule has 2 saturated carbocycles. The van der Waals surface area contributed by atoms with Crippen LogP contribution in [0.3, 0.4) is 0 Å². The van der Waals surface area contributed by atoms with Crippen LogP contribution in [0.2, 0.25) is 0 Å². The monoisotopic (exact) mass is 264 g/mol. The number of fused-ring (bicyclic) bond motifs is 2. The molecule has 0 amide bonds. The minimum atomic E-state index is 1.03. The molecule has 0 N–H and O–H groups in total. The van der Waals surface area contributed by atoms with Gasteiger partial charge < -0.3 is 0 Å². The molecule has 2 bridgehead atoms. The summed E-state index contributed by atoms with van der Waals surface area (Å²) in [4.78, 5) is 0. The molecular weight excluding hydrogens is 228 g/mol. The van der Waals surface area contributed by atoms with E-state index in [1.807, 2.05) is 0 Å². The summed E-state index contributed by atoms with van der Waals surface area (Å²) in [5.41, 5.74) is 0. The van der Waals surface area contributed by atoms with Crippen LogP contribution in [0.15, 0.2) is 0 Å². The maximum absolute atomic E-state index is 2.52. The zero-order valence-electron chi connectivity index (χ0n) is 13.7. The second-order valence-corrected chi connectivity index (χ2v) is 7.64. The fraction of sp³-hybridized carbons (Fsp3) is 1.00. The largest absolute Gasteiger partial charge is 0.0654 e. The van der Waals surface area contributed by atoms with Crippen molar-refractivity contribution in [3.8, 4) is 0 Å². The number of unbranched alkanes of at least 4 members (excludes halogenated alkanes) is 7. The molecular formula is C19H36. The first-order valence-electron chi connectivity index (χ1n) is 9.24. The Morgan fingerprint density at radius 1 is 0.737 bits per heavy atom. The van der Waals surface area contributed by atoms with Crippen LogP contribution in [0.1, 0.15) is 91.4 Å². The Morgan fingerprint density at radius 3 is 1.95 bits per heavy atom. The maximum Gasteiger partial charge on any atom is -0.0355 e. The van der Waals surface area contributed by atoms with Crippen LogP contribution in [0, 0.1) is 29.6 Å². The van der Waals surface area contributed by atoms with E-state index in [-0.39, 0.29) is 0 Å². The van der Waals surface area contributed by atoms with Gasteiger partial charge in [-0.3, -0.25) is 0 Å². The summed E-state index contributed by atoms with van der Waals surface area (Å²) in [5.74, 6) is 5.36. The molecule has 19 heavy (non-hydrogen) atoms. The van der Waals surface area contributed by atoms with Gasteiger partial charge in [-0.1, -0.05) is 78.6 Å². The zero-order chi connectivity index (χ0) is 13.7. The third-order valence-corrected chi connectivity index (χ3v) is 6.46. The van der Waals surface area contributed by atoms with E-state index in [4.69, 9.17) is 0 Å². The topological polar surface area (TPSA) is 0 Å². The van der Waals surface area contributed by atoms with E-state index in [1.165, 1.54) is 51.4 Å². The minimum Gasteiger partial charge on any atom is -0.0654 e. The summed E-state index contributed by atoms with van der Waals surface area (Å²) in [6.45, 7) is 7.33. The molecule has 0 saturated heterocycles. The molecule has 0 aromatic heterocycles. The lowest BCUT2D eigenvalue weighted by molar-refractivity contribution is 0.178. The van der Waals surface area contributed by atoms with Crippen molar-refractivity contribution in [3.63, 3.8) is 0 Å². The Bertz CT molecular complexity index is 242. The van der Waals surface area contributed by atoms with E-state index in [1.54, 1.807) is 19.3 Å². The highest BCUT2D eigenvalue weighted by molar-refractivity contribution is 4.97. The highest BCUT2D eigenvalue weighted by atomic mass is 14.5. The Labute approximate surface area is 121 Å². The fourth-order valence-electron chi connectivity index (χ4n) is 4.97. The number of hydrogen-bond acceptors (Lipinski definition) is 0. The van der Waals surface area contributed by atoms with Gasteiger partial charge in [-0.2, -0.15) is 0 Å². The van der Waals surface area contributed by atoms with E-state index in [0.717, 1.165) is 29.6 Å². The summed E-state index contributed by atoms with van der Waals surface area (Å²) in [7, 11) is 0. The van der Waals surface area contributed by atoms with Gasteiger partial charge in [-0.25, -0.2) is 0 Å². The average molecular weight is 264 g/mol. The molecule has 0 heterocycles. The van der Waals surface area contributed by atoms with Crippen molar-refractivity contribution in [1.82, 2.24) is 0 Å². The second-order valence-electron chi connectivity index (χ2n) is 7.64. The summed E-state index contributed by atoms with van der Waals surface area (Å²) in [6.07, 6.45) is 16.5. The van der Waals surface area contributed by atoms with Crippen LogP contribution >= 0.6 is 0 Å². The smallest absolute Gasteiger partial charge is 0.0355 e. The van der Waals surface area contributed by atoms with Gasteiger partial charge in [-0.05, 0) is 42.4 Å². The Balaban J connectivity index is 1.49. The normalized spacial score (nSPS) is 37.1. The molecule has 0 aromatic rings. The maximum atomic E-state index is 2.52. The van der Waals surface area contributed by atoms with Crippen LogP contribution in [0.5, 0.6) is 0 Å². The van der Waals surface area contributed by atoms with Crippen molar-refractivity contribution in [3.05, 3.63) is 0 Å². The molecule has 0 heteroatoms. The first-order chi connectivity index (χ1) is 9.24. The molecule has 2 fully saturated rings. The van der Waals surface area contributed by atoms with E-state index < -0.39 is 0 Å². The summed E-state index contributed by atoms with van der Waals surface area (Å²) in [6, 6.07) is 0. The van der Waals surface area contributed by atoms with Gasteiger partial charge in [0.1, 0.15) is 0 Å². The summed E-state index contributed by atoms with van der Waals surface area (Å²) >= 11 is 0. The van der Waals surface area contributed by atoms with Gasteiger partial charge in [0.25, 0.3) is 0 Å². The SMILES string of the molecule is CCCCCCCCCCC1CC2CC1C(C)C2C. The highest BCUT2D eigenvalue weighted by Crippen LogP contribution is 2.56. The Kier molecular flexibility index (Phi) is 6.23. The molecule has 112 valence electrons. The summed E-state index contributed by atoms with van der Waals surface area (Å²) < 4.78 is 0.